The minimum absolute atomic E-state index is 0.0391. The molecule has 0 saturated heterocycles. The Morgan fingerprint density at radius 1 is 1.27 bits per heavy atom. The lowest BCUT2D eigenvalue weighted by molar-refractivity contribution is -0.124. The van der Waals surface area contributed by atoms with Crippen LogP contribution in [0.3, 0.4) is 0 Å². The first-order valence-corrected chi connectivity index (χ1v) is 5.37. The van der Waals surface area contributed by atoms with Gasteiger partial charge in [0.15, 0.2) is 0 Å². The molecular weight excluding hydrogens is 186 g/mol. The molecule has 0 bridgehead atoms. The molecule has 0 unspecified atom stereocenters. The van der Waals surface area contributed by atoms with Gasteiger partial charge in [0.25, 0.3) is 0 Å². The second-order valence-electron chi connectivity index (χ2n) is 4.30. The zero-order valence-corrected chi connectivity index (χ0v) is 9.87. The zero-order valence-electron chi connectivity index (χ0n) is 9.87. The summed E-state index contributed by atoms with van der Waals surface area (Å²) in [6.07, 6.45) is 0. The number of aryl methyl sites for hydroxylation is 1. The number of hydrogen-bond acceptors (Lipinski definition) is 1. The van der Waals surface area contributed by atoms with E-state index in [1.807, 2.05) is 32.9 Å². The van der Waals surface area contributed by atoms with Crippen molar-refractivity contribution in [2.24, 2.45) is 5.92 Å². The summed E-state index contributed by atoms with van der Waals surface area (Å²) in [7, 11) is 0. The van der Waals surface area contributed by atoms with Gasteiger partial charge in [-0.15, -0.1) is 0 Å². The van der Waals surface area contributed by atoms with Crippen LogP contribution in [-0.4, -0.2) is 5.91 Å². The Hall–Kier alpha value is -1.31. The molecule has 2 nitrogen and oxygen atoms in total. The molecule has 0 aromatic heterocycles. The summed E-state index contributed by atoms with van der Waals surface area (Å²) >= 11 is 0. The van der Waals surface area contributed by atoms with Crippen molar-refractivity contribution in [3.05, 3.63) is 35.4 Å². The van der Waals surface area contributed by atoms with E-state index in [9.17, 15) is 4.79 Å². The molecule has 0 aliphatic heterocycles. The topological polar surface area (TPSA) is 29.1 Å². The Morgan fingerprint density at radius 2 is 1.93 bits per heavy atom. The molecule has 0 radical (unpaired) electrons. The summed E-state index contributed by atoms with van der Waals surface area (Å²) < 4.78 is 0. The molecule has 1 aromatic carbocycles. The Bertz CT molecular complexity index is 344. The van der Waals surface area contributed by atoms with Crippen molar-refractivity contribution in [2.45, 2.75) is 33.7 Å². The highest BCUT2D eigenvalue weighted by Crippen LogP contribution is 2.14. The van der Waals surface area contributed by atoms with Crippen molar-refractivity contribution in [3.63, 3.8) is 0 Å². The fourth-order valence-electron chi connectivity index (χ4n) is 1.40. The standard InChI is InChI=1S/C13H19NO/c1-9(2)13(15)14-11(4)12-7-5-6-10(3)8-12/h5-9,11H,1-4H3,(H,14,15)/t11-/m1/s1. The van der Waals surface area contributed by atoms with Crippen molar-refractivity contribution in [1.29, 1.82) is 0 Å². The molecule has 0 aliphatic carbocycles. The average Bonchev–Trinajstić information content (AvgIpc) is 2.17. The van der Waals surface area contributed by atoms with E-state index in [0.717, 1.165) is 5.56 Å². The maximum absolute atomic E-state index is 11.5. The molecule has 2 heteroatoms. The van der Waals surface area contributed by atoms with Gasteiger partial charge in [-0.2, -0.15) is 0 Å². The highest BCUT2D eigenvalue weighted by Gasteiger charge is 2.11. The van der Waals surface area contributed by atoms with Crippen molar-refractivity contribution in [3.8, 4) is 0 Å². The van der Waals surface area contributed by atoms with E-state index in [4.69, 9.17) is 0 Å². The van der Waals surface area contributed by atoms with Gasteiger partial charge < -0.3 is 5.32 Å². The van der Waals surface area contributed by atoms with Crippen molar-refractivity contribution in [1.82, 2.24) is 5.32 Å². The second kappa shape index (κ2) is 4.96. The summed E-state index contributed by atoms with van der Waals surface area (Å²) in [5, 5.41) is 2.98. The van der Waals surface area contributed by atoms with Gasteiger partial charge in [-0.25, -0.2) is 0 Å². The zero-order chi connectivity index (χ0) is 11.4. The van der Waals surface area contributed by atoms with Crippen LogP contribution in [0.4, 0.5) is 0 Å². The quantitative estimate of drug-likeness (QED) is 0.807. The van der Waals surface area contributed by atoms with Crippen LogP contribution in [0, 0.1) is 12.8 Å². The molecule has 1 N–H and O–H groups in total. The monoisotopic (exact) mass is 205 g/mol. The van der Waals surface area contributed by atoms with Gasteiger partial charge in [0.1, 0.15) is 0 Å². The minimum atomic E-state index is 0.0391. The first-order chi connectivity index (χ1) is 7.00. The summed E-state index contributed by atoms with van der Waals surface area (Å²) in [5.74, 6) is 0.140. The predicted molar refractivity (Wildman–Crippen MR) is 62.6 cm³/mol. The number of carbonyl (C=O) groups is 1. The number of nitrogens with one attached hydrogen (secondary N) is 1. The predicted octanol–water partition coefficient (Wildman–Crippen LogP) is 2.83. The minimum Gasteiger partial charge on any atom is -0.349 e. The molecule has 1 amide bonds. The van der Waals surface area contributed by atoms with Gasteiger partial charge >= 0.3 is 0 Å². The summed E-state index contributed by atoms with van der Waals surface area (Å²) in [5.41, 5.74) is 2.38. The van der Waals surface area contributed by atoms with E-state index < -0.39 is 0 Å². The SMILES string of the molecule is Cc1cccc([C@@H](C)NC(=O)C(C)C)c1. The van der Waals surface area contributed by atoms with Crippen LogP contribution >= 0.6 is 0 Å². The second-order valence-corrected chi connectivity index (χ2v) is 4.30. The van der Waals surface area contributed by atoms with Crippen LogP contribution in [0.5, 0.6) is 0 Å². The third-order valence-corrected chi connectivity index (χ3v) is 2.43. The lowest BCUT2D eigenvalue weighted by Crippen LogP contribution is -2.30. The van der Waals surface area contributed by atoms with Crippen LogP contribution in [0.1, 0.15) is 37.9 Å². The van der Waals surface area contributed by atoms with Gasteiger partial charge in [-0.1, -0.05) is 43.7 Å². The van der Waals surface area contributed by atoms with E-state index in [1.54, 1.807) is 0 Å². The first kappa shape index (κ1) is 11.8. The summed E-state index contributed by atoms with van der Waals surface area (Å²) in [6, 6.07) is 8.30. The van der Waals surface area contributed by atoms with Crippen LogP contribution < -0.4 is 5.32 Å². The van der Waals surface area contributed by atoms with E-state index in [-0.39, 0.29) is 17.9 Å². The third kappa shape index (κ3) is 3.39. The number of amides is 1. The Morgan fingerprint density at radius 3 is 2.47 bits per heavy atom. The molecule has 82 valence electrons. The maximum atomic E-state index is 11.5. The number of rotatable bonds is 3. The van der Waals surface area contributed by atoms with E-state index in [1.165, 1.54) is 5.56 Å². The Balaban J connectivity index is 2.69. The molecule has 0 heterocycles. The normalized spacial score (nSPS) is 12.6. The van der Waals surface area contributed by atoms with Gasteiger partial charge in [0.2, 0.25) is 5.91 Å². The smallest absolute Gasteiger partial charge is 0.223 e. The molecule has 1 atom stereocenters. The lowest BCUT2D eigenvalue weighted by Gasteiger charge is -2.16. The van der Waals surface area contributed by atoms with Gasteiger partial charge in [0, 0.05) is 5.92 Å². The first-order valence-electron chi connectivity index (χ1n) is 5.37. The van der Waals surface area contributed by atoms with Crippen molar-refractivity contribution in [2.75, 3.05) is 0 Å². The molecule has 0 spiro atoms. The van der Waals surface area contributed by atoms with Gasteiger partial charge in [0.05, 0.1) is 6.04 Å². The van der Waals surface area contributed by atoms with Gasteiger partial charge in [-0.05, 0) is 19.4 Å². The number of hydrogen-bond donors (Lipinski definition) is 1. The lowest BCUT2D eigenvalue weighted by atomic mass is 10.1. The Kier molecular flexibility index (Phi) is 3.89. The molecule has 0 fully saturated rings. The van der Waals surface area contributed by atoms with Crippen molar-refractivity contribution < 1.29 is 4.79 Å². The fourth-order valence-corrected chi connectivity index (χ4v) is 1.40. The highest BCUT2D eigenvalue weighted by molar-refractivity contribution is 5.78. The third-order valence-electron chi connectivity index (χ3n) is 2.43. The number of benzene rings is 1. The molecule has 15 heavy (non-hydrogen) atoms. The summed E-state index contributed by atoms with van der Waals surface area (Å²) in [4.78, 5) is 11.5. The highest BCUT2D eigenvalue weighted by atomic mass is 16.1. The van der Waals surface area contributed by atoms with E-state index in [2.05, 4.69) is 24.4 Å². The van der Waals surface area contributed by atoms with Crippen LogP contribution in [0.15, 0.2) is 24.3 Å². The van der Waals surface area contributed by atoms with Crippen LogP contribution in [0.25, 0.3) is 0 Å². The molecular formula is C13H19NO. The molecule has 1 aromatic rings. The molecule has 1 rings (SSSR count). The maximum Gasteiger partial charge on any atom is 0.223 e. The van der Waals surface area contributed by atoms with E-state index in [0.29, 0.717) is 0 Å². The van der Waals surface area contributed by atoms with Crippen LogP contribution in [0.2, 0.25) is 0 Å². The Labute approximate surface area is 91.7 Å². The van der Waals surface area contributed by atoms with Crippen molar-refractivity contribution >= 4 is 5.91 Å². The van der Waals surface area contributed by atoms with Gasteiger partial charge in [-0.3, -0.25) is 4.79 Å². The summed E-state index contributed by atoms with van der Waals surface area (Å²) in [6.45, 7) is 7.87. The fraction of sp³-hybridized carbons (Fsp3) is 0.462. The van der Waals surface area contributed by atoms with E-state index >= 15 is 0 Å². The number of carbonyl (C=O) groups excluding carboxylic acids is 1. The van der Waals surface area contributed by atoms with Crippen LogP contribution in [-0.2, 0) is 4.79 Å². The molecule has 0 saturated carbocycles. The molecule has 0 aliphatic rings. The average molecular weight is 205 g/mol. The largest absolute Gasteiger partial charge is 0.349 e.